The average Bonchev–Trinajstić information content (AvgIpc) is 2.42. The van der Waals surface area contributed by atoms with Gasteiger partial charge < -0.3 is 11.1 Å². The summed E-state index contributed by atoms with van der Waals surface area (Å²) in [6.45, 7) is 0. The quantitative estimate of drug-likeness (QED) is 0.663. The van der Waals surface area contributed by atoms with Crippen LogP contribution < -0.4 is 11.1 Å². The second kappa shape index (κ2) is 6.83. The van der Waals surface area contributed by atoms with Crippen LogP contribution in [-0.4, -0.2) is 16.6 Å². The van der Waals surface area contributed by atoms with Crippen molar-refractivity contribution in [3.05, 3.63) is 46.6 Å². The van der Waals surface area contributed by atoms with E-state index in [-0.39, 0.29) is 11.7 Å². The normalized spacial score (nSPS) is 10.3. The maximum absolute atomic E-state index is 11.8. The molecule has 1 aromatic heterocycles. The summed E-state index contributed by atoms with van der Waals surface area (Å²) in [6.07, 6.45) is 1.54. The van der Waals surface area contributed by atoms with Gasteiger partial charge in [0, 0.05) is 11.9 Å². The Bertz CT molecular complexity index is 620. The lowest BCUT2D eigenvalue weighted by Gasteiger charge is -2.07. The van der Waals surface area contributed by atoms with Gasteiger partial charge in [0.05, 0.1) is 26.5 Å². The maximum atomic E-state index is 11.8. The highest BCUT2D eigenvalue weighted by Crippen LogP contribution is 2.24. The summed E-state index contributed by atoms with van der Waals surface area (Å²) in [5, 5.41) is 4.44. The first-order valence-electron chi connectivity index (χ1n) is 5.64. The largest absolute Gasteiger partial charge is 0.399 e. The summed E-state index contributed by atoms with van der Waals surface area (Å²) in [5.74, 6) is 0.0407. The van der Waals surface area contributed by atoms with Crippen LogP contribution in [-0.2, 0) is 4.79 Å². The molecule has 0 spiro atoms. The Morgan fingerprint density at radius 1 is 1.30 bits per heavy atom. The standard InChI is InChI=1S/C13H11Cl2N3OS/c14-8-1-4-13(17-6-8)20-7-12(19)18-11-5-9(16)2-3-10(11)15/h1-6H,7,16H2,(H,18,19). The van der Waals surface area contributed by atoms with Gasteiger partial charge in [-0.2, -0.15) is 0 Å². The van der Waals surface area contributed by atoms with Crippen molar-refractivity contribution in [2.45, 2.75) is 5.03 Å². The zero-order chi connectivity index (χ0) is 14.5. The third-order valence-electron chi connectivity index (χ3n) is 2.32. The van der Waals surface area contributed by atoms with E-state index in [9.17, 15) is 4.79 Å². The number of hydrogen-bond donors (Lipinski definition) is 2. The molecule has 0 aliphatic heterocycles. The first kappa shape index (κ1) is 15.0. The Morgan fingerprint density at radius 2 is 2.10 bits per heavy atom. The first-order valence-corrected chi connectivity index (χ1v) is 7.38. The van der Waals surface area contributed by atoms with Crippen molar-refractivity contribution in [1.82, 2.24) is 4.98 Å². The zero-order valence-corrected chi connectivity index (χ0v) is 12.6. The molecule has 0 saturated heterocycles. The van der Waals surface area contributed by atoms with E-state index in [0.717, 1.165) is 5.03 Å². The molecule has 0 saturated carbocycles. The van der Waals surface area contributed by atoms with Crippen LogP contribution in [0.5, 0.6) is 0 Å². The van der Waals surface area contributed by atoms with Gasteiger partial charge in [-0.3, -0.25) is 4.79 Å². The minimum atomic E-state index is -0.181. The molecule has 0 bridgehead atoms. The minimum Gasteiger partial charge on any atom is -0.399 e. The number of nitrogens with one attached hydrogen (secondary N) is 1. The van der Waals surface area contributed by atoms with Crippen molar-refractivity contribution < 1.29 is 4.79 Å². The second-order valence-corrected chi connectivity index (χ2v) is 5.73. The van der Waals surface area contributed by atoms with E-state index in [1.807, 2.05) is 0 Å². The Labute approximate surface area is 130 Å². The lowest BCUT2D eigenvalue weighted by molar-refractivity contribution is -0.113. The number of thioether (sulfide) groups is 1. The van der Waals surface area contributed by atoms with E-state index in [1.54, 1.807) is 30.3 Å². The Balaban J connectivity index is 1.92. The molecule has 104 valence electrons. The summed E-state index contributed by atoms with van der Waals surface area (Å²) in [5.41, 5.74) is 6.68. The average molecular weight is 328 g/mol. The smallest absolute Gasteiger partial charge is 0.234 e. The van der Waals surface area contributed by atoms with Crippen LogP contribution in [0.1, 0.15) is 0 Å². The lowest BCUT2D eigenvalue weighted by Crippen LogP contribution is -2.14. The highest BCUT2D eigenvalue weighted by atomic mass is 35.5. The highest BCUT2D eigenvalue weighted by Gasteiger charge is 2.07. The van der Waals surface area contributed by atoms with Crippen molar-refractivity contribution >= 4 is 52.2 Å². The van der Waals surface area contributed by atoms with E-state index in [4.69, 9.17) is 28.9 Å². The van der Waals surface area contributed by atoms with Gasteiger partial charge in [0.2, 0.25) is 5.91 Å². The molecular weight excluding hydrogens is 317 g/mol. The summed E-state index contributed by atoms with van der Waals surface area (Å²) in [4.78, 5) is 15.9. The fourth-order valence-corrected chi connectivity index (χ4v) is 2.33. The molecule has 0 aliphatic rings. The predicted octanol–water partition coefficient (Wildman–Crippen LogP) is 3.70. The molecule has 0 atom stereocenters. The molecular formula is C13H11Cl2N3OS. The molecule has 2 rings (SSSR count). The number of rotatable bonds is 4. The number of halogens is 2. The number of hydrogen-bond acceptors (Lipinski definition) is 4. The van der Waals surface area contributed by atoms with Crippen LogP contribution in [0.2, 0.25) is 10.0 Å². The number of anilines is 2. The predicted molar refractivity (Wildman–Crippen MR) is 84.5 cm³/mol. The number of carbonyl (C=O) groups is 1. The first-order chi connectivity index (χ1) is 9.54. The SMILES string of the molecule is Nc1ccc(Cl)c(NC(=O)CSc2ccc(Cl)cn2)c1. The maximum Gasteiger partial charge on any atom is 0.234 e. The molecule has 1 heterocycles. The van der Waals surface area contributed by atoms with Crippen LogP contribution in [0.3, 0.4) is 0 Å². The molecule has 0 aliphatic carbocycles. The van der Waals surface area contributed by atoms with Crippen molar-refractivity contribution in [1.29, 1.82) is 0 Å². The van der Waals surface area contributed by atoms with Gasteiger partial charge in [-0.05, 0) is 30.3 Å². The summed E-state index contributed by atoms with van der Waals surface area (Å²) < 4.78 is 0. The number of nitrogen functional groups attached to an aromatic ring is 1. The zero-order valence-electron chi connectivity index (χ0n) is 10.3. The van der Waals surface area contributed by atoms with Crippen LogP contribution in [0.4, 0.5) is 11.4 Å². The van der Waals surface area contributed by atoms with Gasteiger partial charge in [0.15, 0.2) is 0 Å². The van der Waals surface area contributed by atoms with Gasteiger partial charge in [-0.1, -0.05) is 35.0 Å². The van der Waals surface area contributed by atoms with Crippen molar-refractivity contribution in [3.8, 4) is 0 Å². The summed E-state index contributed by atoms with van der Waals surface area (Å²) in [7, 11) is 0. The number of carbonyl (C=O) groups excluding carboxylic acids is 1. The van der Waals surface area contributed by atoms with Crippen molar-refractivity contribution in [3.63, 3.8) is 0 Å². The number of benzene rings is 1. The van der Waals surface area contributed by atoms with Gasteiger partial charge in [-0.25, -0.2) is 4.98 Å². The third kappa shape index (κ3) is 4.30. The van der Waals surface area contributed by atoms with E-state index in [1.165, 1.54) is 18.0 Å². The van der Waals surface area contributed by atoms with Gasteiger partial charge in [0.25, 0.3) is 0 Å². The fraction of sp³-hybridized carbons (Fsp3) is 0.0769. The van der Waals surface area contributed by atoms with E-state index in [0.29, 0.717) is 21.4 Å². The Kier molecular flexibility index (Phi) is 5.11. The molecule has 1 amide bonds. The van der Waals surface area contributed by atoms with Gasteiger partial charge in [0.1, 0.15) is 0 Å². The van der Waals surface area contributed by atoms with E-state index >= 15 is 0 Å². The van der Waals surface area contributed by atoms with Crippen molar-refractivity contribution in [2.24, 2.45) is 0 Å². The highest BCUT2D eigenvalue weighted by molar-refractivity contribution is 7.99. The molecule has 1 aromatic carbocycles. The molecule has 0 fully saturated rings. The number of pyridine rings is 1. The third-order valence-corrected chi connectivity index (χ3v) is 3.81. The minimum absolute atomic E-state index is 0.181. The van der Waals surface area contributed by atoms with E-state index < -0.39 is 0 Å². The van der Waals surface area contributed by atoms with Crippen molar-refractivity contribution in [2.75, 3.05) is 16.8 Å². The number of amides is 1. The molecule has 4 nitrogen and oxygen atoms in total. The molecule has 7 heteroatoms. The van der Waals surface area contributed by atoms with E-state index in [2.05, 4.69) is 10.3 Å². The molecule has 3 N–H and O–H groups in total. The second-order valence-electron chi connectivity index (χ2n) is 3.89. The van der Waals surface area contributed by atoms with Gasteiger partial charge in [-0.15, -0.1) is 0 Å². The number of aromatic nitrogens is 1. The van der Waals surface area contributed by atoms with Crippen LogP contribution >= 0.6 is 35.0 Å². The molecule has 0 radical (unpaired) electrons. The molecule has 0 unspecified atom stereocenters. The van der Waals surface area contributed by atoms with Crippen LogP contribution in [0.25, 0.3) is 0 Å². The topological polar surface area (TPSA) is 68.0 Å². The monoisotopic (exact) mass is 327 g/mol. The Morgan fingerprint density at radius 3 is 2.80 bits per heavy atom. The number of nitrogens with two attached hydrogens (primary N) is 1. The van der Waals surface area contributed by atoms with Gasteiger partial charge >= 0.3 is 0 Å². The summed E-state index contributed by atoms with van der Waals surface area (Å²) in [6, 6.07) is 8.41. The summed E-state index contributed by atoms with van der Waals surface area (Å²) >= 11 is 13.0. The lowest BCUT2D eigenvalue weighted by atomic mass is 10.3. The Hall–Kier alpha value is -1.43. The fourth-order valence-electron chi connectivity index (χ4n) is 1.41. The van der Waals surface area contributed by atoms with Crippen LogP contribution in [0, 0.1) is 0 Å². The number of nitrogens with zero attached hydrogens (tertiary/aromatic N) is 1. The van der Waals surface area contributed by atoms with Crippen LogP contribution in [0.15, 0.2) is 41.6 Å². The molecule has 20 heavy (non-hydrogen) atoms. The molecule has 2 aromatic rings.